The lowest BCUT2D eigenvalue weighted by Crippen LogP contribution is -2.34. The number of rotatable bonds is 6. The van der Waals surface area contributed by atoms with Gasteiger partial charge in [-0.15, -0.1) is 0 Å². The number of hydrogen-bond acceptors (Lipinski definition) is 5. The van der Waals surface area contributed by atoms with Crippen molar-refractivity contribution in [3.8, 4) is 11.5 Å². The molecule has 1 N–H and O–H groups in total. The number of aldehydes is 1. The molecule has 0 amide bonds. The first-order valence-corrected chi connectivity index (χ1v) is 7.45. The number of carboxylic acids is 1. The van der Waals surface area contributed by atoms with Crippen LogP contribution in [0.1, 0.15) is 26.3 Å². The van der Waals surface area contributed by atoms with Crippen LogP contribution in [0.4, 0.5) is 0 Å². The van der Waals surface area contributed by atoms with Crippen LogP contribution in [0.2, 0.25) is 0 Å². The summed E-state index contributed by atoms with van der Waals surface area (Å²) in [4.78, 5) is 22.3. The summed E-state index contributed by atoms with van der Waals surface area (Å²) < 4.78 is 16.9. The predicted molar refractivity (Wildman–Crippen MR) is 84.8 cm³/mol. The minimum Gasteiger partial charge on any atom is -0.485 e. The van der Waals surface area contributed by atoms with Crippen molar-refractivity contribution < 1.29 is 28.9 Å². The Hall–Kier alpha value is -2.86. The molecule has 0 aliphatic carbocycles. The molecule has 124 valence electrons. The number of fused-ring (bicyclic) bond motifs is 1. The molecule has 2 aromatic carbocycles. The zero-order valence-electron chi connectivity index (χ0n) is 12.8. The number of benzene rings is 2. The van der Waals surface area contributed by atoms with Gasteiger partial charge in [0.25, 0.3) is 0 Å². The number of carbonyl (C=O) groups is 2. The summed E-state index contributed by atoms with van der Waals surface area (Å²) in [6.07, 6.45) is 0.147. The number of carboxylic acid groups (broad SMARTS) is 1. The van der Waals surface area contributed by atoms with E-state index in [9.17, 15) is 9.59 Å². The van der Waals surface area contributed by atoms with Gasteiger partial charge in [-0.25, -0.2) is 4.79 Å². The van der Waals surface area contributed by atoms with E-state index in [0.29, 0.717) is 25.2 Å². The van der Waals surface area contributed by atoms with Crippen LogP contribution in [0.3, 0.4) is 0 Å². The minimum atomic E-state index is -1.18. The van der Waals surface area contributed by atoms with Crippen molar-refractivity contribution in [1.29, 1.82) is 0 Å². The molecule has 0 aromatic heterocycles. The molecule has 6 nitrogen and oxygen atoms in total. The lowest BCUT2D eigenvalue weighted by atomic mass is 10.1. The quantitative estimate of drug-likeness (QED) is 0.821. The second kappa shape index (κ2) is 7.14. The number of carbonyl (C=O) groups excluding carboxylic acids is 1. The molecule has 0 saturated heterocycles. The molecule has 1 heterocycles. The summed E-state index contributed by atoms with van der Waals surface area (Å²) in [6.45, 7) is 0.974. The summed E-state index contributed by atoms with van der Waals surface area (Å²) in [5.41, 5.74) is 0.943. The molecule has 0 fully saturated rings. The fourth-order valence-corrected chi connectivity index (χ4v) is 2.48. The van der Waals surface area contributed by atoms with Gasteiger partial charge in [0.2, 0.25) is 0 Å². The molecule has 3 rings (SSSR count). The van der Waals surface area contributed by atoms with Crippen molar-refractivity contribution in [2.45, 2.75) is 12.7 Å². The van der Waals surface area contributed by atoms with Gasteiger partial charge in [0.1, 0.15) is 6.61 Å². The molecule has 1 aliphatic rings. The topological polar surface area (TPSA) is 82.1 Å². The largest absolute Gasteiger partial charge is 0.485 e. The molecule has 1 aliphatic heterocycles. The van der Waals surface area contributed by atoms with Gasteiger partial charge in [0.05, 0.1) is 24.3 Å². The standard InChI is InChI=1S/C18H16O6/c19-8-15-14(18(20)21)6-7-16-17(15)23-11-13(24-16)10-22-9-12-4-2-1-3-5-12/h1-8,13H,9-11H2,(H,20,21)/t13-/m0/s1. The highest BCUT2D eigenvalue weighted by Crippen LogP contribution is 2.36. The number of aromatic carboxylic acids is 1. The molecular weight excluding hydrogens is 312 g/mol. The van der Waals surface area contributed by atoms with E-state index in [1.807, 2.05) is 30.3 Å². The van der Waals surface area contributed by atoms with Crippen LogP contribution in [0.25, 0.3) is 0 Å². The molecule has 6 heteroatoms. The van der Waals surface area contributed by atoms with Crippen LogP contribution in [-0.2, 0) is 11.3 Å². The van der Waals surface area contributed by atoms with Gasteiger partial charge >= 0.3 is 5.97 Å². The summed E-state index contributed by atoms with van der Waals surface area (Å²) in [6, 6.07) is 12.6. The first kappa shape index (κ1) is 16.0. The zero-order chi connectivity index (χ0) is 16.9. The minimum absolute atomic E-state index is 0.0105. The fourth-order valence-electron chi connectivity index (χ4n) is 2.48. The van der Waals surface area contributed by atoms with Gasteiger partial charge in [0, 0.05) is 0 Å². The Bertz CT molecular complexity index is 741. The van der Waals surface area contributed by atoms with E-state index in [1.165, 1.54) is 12.1 Å². The van der Waals surface area contributed by atoms with Crippen molar-refractivity contribution in [3.05, 3.63) is 59.2 Å². The van der Waals surface area contributed by atoms with Crippen molar-refractivity contribution in [2.75, 3.05) is 13.2 Å². The molecule has 0 saturated carbocycles. The van der Waals surface area contributed by atoms with Crippen molar-refractivity contribution >= 4 is 12.3 Å². The Morgan fingerprint density at radius 1 is 1.25 bits per heavy atom. The second-order valence-corrected chi connectivity index (χ2v) is 5.33. The Labute approximate surface area is 138 Å². The summed E-state index contributed by atoms with van der Waals surface area (Å²) >= 11 is 0. The normalized spacial score (nSPS) is 15.8. The molecule has 24 heavy (non-hydrogen) atoms. The smallest absolute Gasteiger partial charge is 0.336 e. The first-order valence-electron chi connectivity index (χ1n) is 7.45. The van der Waals surface area contributed by atoms with Gasteiger partial charge in [-0.05, 0) is 17.7 Å². The average Bonchev–Trinajstić information content (AvgIpc) is 2.61. The summed E-state index contributed by atoms with van der Waals surface area (Å²) in [5.74, 6) is -0.664. The van der Waals surface area contributed by atoms with Crippen LogP contribution in [-0.4, -0.2) is 36.7 Å². The average molecular weight is 328 g/mol. The van der Waals surface area contributed by atoms with Crippen LogP contribution in [0.15, 0.2) is 42.5 Å². The zero-order valence-corrected chi connectivity index (χ0v) is 12.8. The maximum absolute atomic E-state index is 11.2. The van der Waals surface area contributed by atoms with E-state index < -0.39 is 5.97 Å². The third-order valence-corrected chi connectivity index (χ3v) is 3.63. The molecule has 0 unspecified atom stereocenters. The summed E-state index contributed by atoms with van der Waals surface area (Å²) in [5, 5.41) is 9.10. The van der Waals surface area contributed by atoms with Gasteiger partial charge in [-0.3, -0.25) is 4.79 Å². The van der Waals surface area contributed by atoms with Crippen molar-refractivity contribution in [1.82, 2.24) is 0 Å². The van der Waals surface area contributed by atoms with Gasteiger partial charge in [0.15, 0.2) is 23.9 Å². The van der Waals surface area contributed by atoms with E-state index in [1.54, 1.807) is 0 Å². The molecule has 0 bridgehead atoms. The van der Waals surface area contributed by atoms with E-state index in [2.05, 4.69) is 0 Å². The molecule has 2 aromatic rings. The predicted octanol–water partition coefficient (Wildman–Crippen LogP) is 2.55. The Kier molecular flexibility index (Phi) is 4.77. The Morgan fingerprint density at radius 2 is 2.04 bits per heavy atom. The van der Waals surface area contributed by atoms with Gasteiger partial charge in [-0.2, -0.15) is 0 Å². The fraction of sp³-hybridized carbons (Fsp3) is 0.222. The van der Waals surface area contributed by atoms with Gasteiger partial charge < -0.3 is 19.3 Å². The van der Waals surface area contributed by atoms with Crippen molar-refractivity contribution in [2.24, 2.45) is 0 Å². The van der Waals surface area contributed by atoms with E-state index >= 15 is 0 Å². The van der Waals surface area contributed by atoms with Gasteiger partial charge in [-0.1, -0.05) is 30.3 Å². The third kappa shape index (κ3) is 3.38. The molecular formula is C18H16O6. The lowest BCUT2D eigenvalue weighted by Gasteiger charge is -2.27. The maximum atomic E-state index is 11.2. The number of hydrogen-bond donors (Lipinski definition) is 1. The maximum Gasteiger partial charge on any atom is 0.336 e. The third-order valence-electron chi connectivity index (χ3n) is 3.63. The molecule has 1 atom stereocenters. The van der Waals surface area contributed by atoms with Crippen LogP contribution < -0.4 is 9.47 Å². The van der Waals surface area contributed by atoms with E-state index in [0.717, 1.165) is 5.56 Å². The van der Waals surface area contributed by atoms with E-state index in [-0.39, 0.29) is 29.6 Å². The van der Waals surface area contributed by atoms with Crippen molar-refractivity contribution in [3.63, 3.8) is 0 Å². The monoisotopic (exact) mass is 328 g/mol. The van der Waals surface area contributed by atoms with E-state index in [4.69, 9.17) is 19.3 Å². The number of ether oxygens (including phenoxy) is 3. The SMILES string of the molecule is O=Cc1c(C(=O)O)ccc2c1OC[C@H](COCc1ccccc1)O2. The van der Waals surface area contributed by atoms with Crippen LogP contribution in [0, 0.1) is 0 Å². The lowest BCUT2D eigenvalue weighted by molar-refractivity contribution is 0.00241. The van der Waals surface area contributed by atoms with Crippen LogP contribution in [0.5, 0.6) is 11.5 Å². The van der Waals surface area contributed by atoms with Crippen LogP contribution >= 0.6 is 0 Å². The second-order valence-electron chi connectivity index (χ2n) is 5.33. The molecule has 0 spiro atoms. The highest BCUT2D eigenvalue weighted by Gasteiger charge is 2.26. The first-order chi connectivity index (χ1) is 11.7. The summed E-state index contributed by atoms with van der Waals surface area (Å²) in [7, 11) is 0. The Morgan fingerprint density at radius 3 is 2.75 bits per heavy atom. The highest BCUT2D eigenvalue weighted by atomic mass is 16.6. The highest BCUT2D eigenvalue weighted by molar-refractivity contribution is 5.99. The molecule has 0 radical (unpaired) electrons. The Balaban J connectivity index is 1.64.